The van der Waals surface area contributed by atoms with E-state index in [4.69, 9.17) is 0 Å². The molecule has 0 spiro atoms. The number of nitrogens with one attached hydrogen (secondary N) is 1. The van der Waals surface area contributed by atoms with E-state index in [9.17, 15) is 4.79 Å². The van der Waals surface area contributed by atoms with Crippen LogP contribution in [0, 0.1) is 0 Å². The van der Waals surface area contributed by atoms with E-state index in [1.165, 1.54) is 4.68 Å². The molecule has 5 heteroatoms. The molecule has 0 saturated carbocycles. The van der Waals surface area contributed by atoms with E-state index in [0.29, 0.717) is 5.82 Å². The summed E-state index contributed by atoms with van der Waals surface area (Å²) in [4.78, 5) is 19.5. The second-order valence-corrected chi connectivity index (χ2v) is 3.27. The Kier molecular flexibility index (Phi) is 2.62. The molecule has 0 saturated heterocycles. The molecule has 2 aromatic heterocycles. The fraction of sp³-hybridized carbons (Fsp3) is 0.300. The van der Waals surface area contributed by atoms with Crippen molar-refractivity contribution in [3.63, 3.8) is 0 Å². The van der Waals surface area contributed by atoms with Gasteiger partial charge in [0.05, 0.1) is 6.20 Å². The molecule has 0 aliphatic rings. The summed E-state index contributed by atoms with van der Waals surface area (Å²) < 4.78 is 1.40. The quantitative estimate of drug-likeness (QED) is 0.808. The summed E-state index contributed by atoms with van der Waals surface area (Å²) >= 11 is 0. The molecule has 0 aromatic carbocycles. The second kappa shape index (κ2) is 4.08. The number of H-pyrrole nitrogens is 1. The number of aryl methyl sites for hydroxylation is 1. The lowest BCUT2D eigenvalue weighted by Crippen LogP contribution is -2.14. The van der Waals surface area contributed by atoms with Gasteiger partial charge in [0.1, 0.15) is 0 Å². The van der Waals surface area contributed by atoms with E-state index in [1.54, 1.807) is 24.7 Å². The highest BCUT2D eigenvalue weighted by atomic mass is 16.1. The van der Waals surface area contributed by atoms with Crippen LogP contribution in [-0.2, 0) is 6.42 Å². The predicted octanol–water partition coefficient (Wildman–Crippen LogP) is 0.908. The molecule has 2 aromatic rings. The smallest absolute Gasteiger partial charge is 0.272 e. The van der Waals surface area contributed by atoms with Gasteiger partial charge >= 0.3 is 0 Å². The minimum Gasteiger partial charge on any atom is -0.294 e. The molecular formula is C10H12N4O. The van der Waals surface area contributed by atoms with Gasteiger partial charge in [0.2, 0.25) is 0 Å². The molecule has 2 heterocycles. The molecular weight excluding hydrogens is 192 g/mol. The predicted molar refractivity (Wildman–Crippen MR) is 56.0 cm³/mol. The lowest BCUT2D eigenvalue weighted by atomic mass is 10.3. The summed E-state index contributed by atoms with van der Waals surface area (Å²) in [6, 6.07) is 1.60. The van der Waals surface area contributed by atoms with Crippen molar-refractivity contribution in [1.29, 1.82) is 0 Å². The van der Waals surface area contributed by atoms with Crippen LogP contribution in [0.4, 0.5) is 0 Å². The molecule has 0 amide bonds. The zero-order valence-corrected chi connectivity index (χ0v) is 8.47. The van der Waals surface area contributed by atoms with Gasteiger partial charge in [0.15, 0.2) is 5.82 Å². The fourth-order valence-corrected chi connectivity index (χ4v) is 1.42. The number of nitrogens with zero attached hydrogens (tertiary/aromatic N) is 3. The van der Waals surface area contributed by atoms with Gasteiger partial charge in [0, 0.05) is 24.2 Å². The highest BCUT2D eigenvalue weighted by molar-refractivity contribution is 5.17. The normalized spacial score (nSPS) is 10.5. The van der Waals surface area contributed by atoms with E-state index in [0.717, 1.165) is 18.5 Å². The number of aromatic amines is 1. The third-order valence-electron chi connectivity index (χ3n) is 2.07. The Bertz CT molecular complexity index is 486. The average molecular weight is 204 g/mol. The molecule has 0 atom stereocenters. The summed E-state index contributed by atoms with van der Waals surface area (Å²) in [5, 5.41) is 3.00. The van der Waals surface area contributed by atoms with E-state index in [-0.39, 0.29) is 5.56 Å². The van der Waals surface area contributed by atoms with Crippen LogP contribution in [0.25, 0.3) is 5.82 Å². The first-order valence-corrected chi connectivity index (χ1v) is 4.88. The van der Waals surface area contributed by atoms with Gasteiger partial charge in [-0.25, -0.2) is 4.98 Å². The maximum Gasteiger partial charge on any atom is 0.272 e. The van der Waals surface area contributed by atoms with E-state index in [1.807, 2.05) is 0 Å². The van der Waals surface area contributed by atoms with Crippen molar-refractivity contribution in [1.82, 2.24) is 19.7 Å². The van der Waals surface area contributed by atoms with Crippen molar-refractivity contribution in [2.45, 2.75) is 19.8 Å². The zero-order chi connectivity index (χ0) is 10.7. The Morgan fingerprint density at radius 3 is 3.00 bits per heavy atom. The fourth-order valence-electron chi connectivity index (χ4n) is 1.42. The molecule has 0 aliphatic heterocycles. The van der Waals surface area contributed by atoms with Crippen molar-refractivity contribution < 1.29 is 0 Å². The van der Waals surface area contributed by atoms with Crippen LogP contribution in [-0.4, -0.2) is 19.7 Å². The largest absolute Gasteiger partial charge is 0.294 e. The molecule has 2 rings (SSSR count). The second-order valence-electron chi connectivity index (χ2n) is 3.27. The summed E-state index contributed by atoms with van der Waals surface area (Å²) in [7, 11) is 0. The maximum absolute atomic E-state index is 11.6. The van der Waals surface area contributed by atoms with Gasteiger partial charge < -0.3 is 0 Å². The monoisotopic (exact) mass is 204 g/mol. The first kappa shape index (κ1) is 9.64. The minimum atomic E-state index is -0.0982. The highest BCUT2D eigenvalue weighted by Gasteiger charge is 2.04. The Morgan fingerprint density at radius 2 is 2.33 bits per heavy atom. The van der Waals surface area contributed by atoms with E-state index < -0.39 is 0 Å². The van der Waals surface area contributed by atoms with Crippen molar-refractivity contribution in [3.8, 4) is 5.82 Å². The lowest BCUT2D eigenvalue weighted by molar-refractivity contribution is 0.771. The highest BCUT2D eigenvalue weighted by Crippen LogP contribution is 1.99. The molecule has 5 nitrogen and oxygen atoms in total. The molecule has 0 fully saturated rings. The minimum absolute atomic E-state index is 0.0982. The first-order chi connectivity index (χ1) is 7.31. The van der Waals surface area contributed by atoms with Gasteiger partial charge in [0.25, 0.3) is 5.56 Å². The SMILES string of the molecule is CCCc1cc(=O)n(-c2cnccn2)[nH]1. The maximum atomic E-state index is 11.6. The summed E-state index contributed by atoms with van der Waals surface area (Å²) in [6.07, 6.45) is 6.54. The van der Waals surface area contributed by atoms with Crippen LogP contribution >= 0.6 is 0 Å². The van der Waals surface area contributed by atoms with Gasteiger partial charge in [-0.05, 0) is 6.42 Å². The van der Waals surface area contributed by atoms with Gasteiger partial charge in [-0.3, -0.25) is 14.9 Å². The third-order valence-corrected chi connectivity index (χ3v) is 2.07. The first-order valence-electron chi connectivity index (χ1n) is 4.88. The zero-order valence-electron chi connectivity index (χ0n) is 8.47. The summed E-state index contributed by atoms with van der Waals surface area (Å²) in [5.41, 5.74) is 0.826. The van der Waals surface area contributed by atoms with Gasteiger partial charge in [-0.1, -0.05) is 13.3 Å². The van der Waals surface area contributed by atoms with Crippen LogP contribution in [0.1, 0.15) is 19.0 Å². The average Bonchev–Trinajstić information content (AvgIpc) is 2.61. The topological polar surface area (TPSA) is 63.6 Å². The standard InChI is InChI=1S/C10H12N4O/c1-2-3-8-6-10(15)14(13-8)9-7-11-4-5-12-9/h4-7,13H,2-3H2,1H3. The molecule has 15 heavy (non-hydrogen) atoms. The molecule has 1 N–H and O–H groups in total. The Balaban J connectivity index is 2.41. The lowest BCUT2D eigenvalue weighted by Gasteiger charge is -1.98. The Labute approximate surface area is 86.8 Å². The summed E-state index contributed by atoms with van der Waals surface area (Å²) in [5.74, 6) is 0.518. The van der Waals surface area contributed by atoms with Crippen molar-refractivity contribution in [2.75, 3.05) is 0 Å². The van der Waals surface area contributed by atoms with Crippen molar-refractivity contribution in [2.24, 2.45) is 0 Å². The number of hydrogen-bond acceptors (Lipinski definition) is 3. The van der Waals surface area contributed by atoms with Crippen LogP contribution in [0.2, 0.25) is 0 Å². The number of aromatic nitrogens is 4. The van der Waals surface area contributed by atoms with Crippen LogP contribution in [0.15, 0.2) is 29.5 Å². The Hall–Kier alpha value is -1.91. The Morgan fingerprint density at radius 1 is 1.47 bits per heavy atom. The number of rotatable bonds is 3. The third kappa shape index (κ3) is 1.96. The van der Waals surface area contributed by atoms with E-state index in [2.05, 4.69) is 22.0 Å². The van der Waals surface area contributed by atoms with Crippen LogP contribution < -0.4 is 5.56 Å². The summed E-state index contributed by atoms with van der Waals surface area (Å²) in [6.45, 7) is 2.07. The number of hydrogen-bond donors (Lipinski definition) is 1. The molecule has 0 radical (unpaired) electrons. The van der Waals surface area contributed by atoms with Crippen LogP contribution in [0.3, 0.4) is 0 Å². The van der Waals surface area contributed by atoms with Gasteiger partial charge in [-0.15, -0.1) is 0 Å². The molecule has 0 aliphatic carbocycles. The van der Waals surface area contributed by atoms with Crippen LogP contribution in [0.5, 0.6) is 0 Å². The molecule has 78 valence electrons. The van der Waals surface area contributed by atoms with Gasteiger partial charge in [-0.2, -0.15) is 4.68 Å². The molecule has 0 unspecified atom stereocenters. The van der Waals surface area contributed by atoms with E-state index >= 15 is 0 Å². The van der Waals surface area contributed by atoms with Crippen molar-refractivity contribution >= 4 is 0 Å². The van der Waals surface area contributed by atoms with Crippen molar-refractivity contribution in [3.05, 3.63) is 40.7 Å². The molecule has 0 bridgehead atoms.